The molecule has 2 aliphatic rings. The first-order valence-corrected chi connectivity index (χ1v) is 11.9. The van der Waals surface area contributed by atoms with Crippen LogP contribution in [0.25, 0.3) is 5.76 Å². The third-order valence-corrected chi connectivity index (χ3v) is 6.25. The number of allylic oxidation sites excluding steroid dienone is 1. The maximum absolute atomic E-state index is 12.1. The molecule has 8 heteroatoms. The number of carbonyl (C=O) groups excluding carboxylic acids is 3. The predicted octanol–water partition coefficient (Wildman–Crippen LogP) is 6.76. The van der Waals surface area contributed by atoms with Crippen molar-refractivity contribution in [1.29, 1.82) is 0 Å². The quantitative estimate of drug-likeness (QED) is 0.196. The van der Waals surface area contributed by atoms with Gasteiger partial charge in [-0.15, -0.1) is 0 Å². The highest BCUT2D eigenvalue weighted by Gasteiger charge is 2.29. The minimum Gasteiger partial charge on any atom is -0.423 e. The molecule has 4 aromatic carbocycles. The second-order valence-corrected chi connectivity index (χ2v) is 8.77. The number of ether oxygens (including phenoxy) is 2. The zero-order chi connectivity index (χ0) is 26.2. The first-order valence-electron chi connectivity index (χ1n) is 11.9. The van der Waals surface area contributed by atoms with Gasteiger partial charge in [0.15, 0.2) is 0 Å². The van der Waals surface area contributed by atoms with Crippen molar-refractivity contribution in [2.45, 2.75) is 6.92 Å². The molecule has 0 aliphatic carbocycles. The maximum Gasteiger partial charge on any atom is 0.346 e. The standard InChI is InChI=1S/C30H21N3O5/c1-2-27-23-13-11-21(15-25(23)29(35)37-27)32-19-7-3-17(4-8-19)31-18-5-9-20(10-6-18)33-22-12-14-24-26(16-22)30(36)38-28(24)34/h2-16,31-33H,1H3. The third kappa shape index (κ3) is 4.35. The summed E-state index contributed by atoms with van der Waals surface area (Å²) < 4.78 is 9.91. The highest BCUT2D eigenvalue weighted by molar-refractivity contribution is 6.15. The molecule has 8 nitrogen and oxygen atoms in total. The summed E-state index contributed by atoms with van der Waals surface area (Å²) in [4.78, 5) is 35.5. The molecule has 0 bridgehead atoms. The van der Waals surface area contributed by atoms with E-state index in [9.17, 15) is 14.4 Å². The Hall–Kier alpha value is -5.37. The van der Waals surface area contributed by atoms with E-state index in [1.807, 2.05) is 67.6 Å². The van der Waals surface area contributed by atoms with E-state index in [-0.39, 0.29) is 17.1 Å². The zero-order valence-electron chi connectivity index (χ0n) is 20.2. The van der Waals surface area contributed by atoms with E-state index in [1.165, 1.54) is 0 Å². The molecule has 0 radical (unpaired) electrons. The van der Waals surface area contributed by atoms with E-state index in [4.69, 9.17) is 4.74 Å². The minimum absolute atomic E-state index is 0.262. The number of carbonyl (C=O) groups is 3. The van der Waals surface area contributed by atoms with Gasteiger partial charge in [-0.25, -0.2) is 14.4 Å². The molecule has 6 rings (SSSR count). The van der Waals surface area contributed by atoms with Gasteiger partial charge in [-0.1, -0.05) is 0 Å². The van der Waals surface area contributed by atoms with Gasteiger partial charge in [0.2, 0.25) is 0 Å². The van der Waals surface area contributed by atoms with Crippen molar-refractivity contribution < 1.29 is 23.9 Å². The van der Waals surface area contributed by atoms with Gasteiger partial charge in [0.25, 0.3) is 0 Å². The normalized spacial score (nSPS) is 14.6. The summed E-state index contributed by atoms with van der Waals surface area (Å²) in [6, 6.07) is 26.0. The Morgan fingerprint density at radius 3 is 1.34 bits per heavy atom. The summed E-state index contributed by atoms with van der Waals surface area (Å²) >= 11 is 0. The summed E-state index contributed by atoms with van der Waals surface area (Å²) in [6.07, 6.45) is 1.78. The van der Waals surface area contributed by atoms with E-state index >= 15 is 0 Å². The van der Waals surface area contributed by atoms with Gasteiger partial charge in [-0.05, 0) is 97.9 Å². The number of nitrogens with one attached hydrogen (secondary N) is 3. The smallest absolute Gasteiger partial charge is 0.346 e. The second kappa shape index (κ2) is 9.25. The van der Waals surface area contributed by atoms with Crippen molar-refractivity contribution in [3.05, 3.63) is 113 Å². The molecular weight excluding hydrogens is 482 g/mol. The van der Waals surface area contributed by atoms with Crippen molar-refractivity contribution in [3.8, 4) is 0 Å². The molecule has 38 heavy (non-hydrogen) atoms. The fourth-order valence-electron chi connectivity index (χ4n) is 4.37. The molecule has 0 fully saturated rings. The monoisotopic (exact) mass is 503 g/mol. The van der Waals surface area contributed by atoms with E-state index in [2.05, 4.69) is 20.7 Å². The molecule has 4 aromatic rings. The first-order chi connectivity index (χ1) is 18.5. The number of rotatable bonds is 6. The molecule has 0 aromatic heterocycles. The van der Waals surface area contributed by atoms with Crippen molar-refractivity contribution in [1.82, 2.24) is 0 Å². The fourth-order valence-corrected chi connectivity index (χ4v) is 4.37. The Labute approximate surface area is 217 Å². The molecule has 0 saturated heterocycles. The molecule has 3 N–H and O–H groups in total. The lowest BCUT2D eigenvalue weighted by atomic mass is 10.1. The Morgan fingerprint density at radius 2 is 0.842 bits per heavy atom. The second-order valence-electron chi connectivity index (χ2n) is 8.77. The van der Waals surface area contributed by atoms with Gasteiger partial charge in [0, 0.05) is 39.7 Å². The number of hydrogen-bond acceptors (Lipinski definition) is 8. The van der Waals surface area contributed by atoms with Gasteiger partial charge in [0.1, 0.15) is 5.76 Å². The average molecular weight is 504 g/mol. The molecular formula is C30H21N3O5. The number of anilines is 6. The Bertz CT molecular complexity index is 1640. The summed E-state index contributed by atoms with van der Waals surface area (Å²) in [5.74, 6) is -1.00. The van der Waals surface area contributed by atoms with Crippen molar-refractivity contribution in [3.63, 3.8) is 0 Å². The van der Waals surface area contributed by atoms with Crippen LogP contribution in [0, 0.1) is 0 Å². The van der Waals surface area contributed by atoms with Crippen LogP contribution in [-0.2, 0) is 9.47 Å². The number of fused-ring (bicyclic) bond motifs is 2. The molecule has 2 aliphatic heterocycles. The lowest BCUT2D eigenvalue weighted by Gasteiger charge is -2.11. The van der Waals surface area contributed by atoms with Crippen LogP contribution in [0.3, 0.4) is 0 Å². The average Bonchev–Trinajstić information content (AvgIpc) is 3.40. The van der Waals surface area contributed by atoms with Crippen molar-refractivity contribution in [2.24, 2.45) is 0 Å². The maximum atomic E-state index is 12.1. The number of benzene rings is 4. The Morgan fingerprint density at radius 1 is 0.474 bits per heavy atom. The first kappa shape index (κ1) is 23.1. The highest BCUT2D eigenvalue weighted by Crippen LogP contribution is 2.33. The molecule has 0 atom stereocenters. The lowest BCUT2D eigenvalue weighted by Crippen LogP contribution is -1.97. The van der Waals surface area contributed by atoms with Crippen LogP contribution in [0.15, 0.2) is 91.0 Å². The molecule has 0 saturated carbocycles. The SMILES string of the molecule is CC=C1OC(=O)c2cc(Nc3ccc(Nc4ccc(Nc5ccc6c(c5)C(=O)OC6=O)cc4)cc3)ccc21. The van der Waals surface area contributed by atoms with Crippen LogP contribution in [-0.4, -0.2) is 17.9 Å². The molecule has 0 spiro atoms. The van der Waals surface area contributed by atoms with Crippen LogP contribution in [0.2, 0.25) is 0 Å². The van der Waals surface area contributed by atoms with Crippen LogP contribution in [0.4, 0.5) is 34.1 Å². The number of hydrogen-bond donors (Lipinski definition) is 3. The molecule has 186 valence electrons. The van der Waals surface area contributed by atoms with E-state index in [0.29, 0.717) is 17.0 Å². The minimum atomic E-state index is -0.630. The highest BCUT2D eigenvalue weighted by atomic mass is 16.6. The van der Waals surface area contributed by atoms with Gasteiger partial charge in [-0.3, -0.25) is 0 Å². The van der Waals surface area contributed by atoms with Crippen LogP contribution in [0.5, 0.6) is 0 Å². The Kier molecular flexibility index (Phi) is 5.61. The third-order valence-electron chi connectivity index (χ3n) is 6.25. The summed E-state index contributed by atoms with van der Waals surface area (Å²) in [7, 11) is 0. The lowest BCUT2D eigenvalue weighted by molar-refractivity contribution is 0.0443. The predicted molar refractivity (Wildman–Crippen MR) is 144 cm³/mol. The topological polar surface area (TPSA) is 106 Å². The van der Waals surface area contributed by atoms with Gasteiger partial charge in [-0.2, -0.15) is 0 Å². The van der Waals surface area contributed by atoms with E-state index in [0.717, 1.165) is 34.0 Å². The van der Waals surface area contributed by atoms with Gasteiger partial charge < -0.3 is 25.4 Å². The van der Waals surface area contributed by atoms with E-state index < -0.39 is 11.9 Å². The van der Waals surface area contributed by atoms with Crippen LogP contribution in [0.1, 0.15) is 43.6 Å². The zero-order valence-corrected chi connectivity index (χ0v) is 20.2. The number of cyclic esters (lactones) is 3. The van der Waals surface area contributed by atoms with Crippen LogP contribution < -0.4 is 16.0 Å². The summed E-state index contributed by atoms with van der Waals surface area (Å²) in [5, 5.41) is 9.91. The van der Waals surface area contributed by atoms with Gasteiger partial charge >= 0.3 is 17.9 Å². The number of esters is 3. The molecule has 0 unspecified atom stereocenters. The van der Waals surface area contributed by atoms with Crippen LogP contribution >= 0.6 is 0 Å². The van der Waals surface area contributed by atoms with Gasteiger partial charge in [0.05, 0.1) is 16.7 Å². The van der Waals surface area contributed by atoms with Crippen molar-refractivity contribution in [2.75, 3.05) is 16.0 Å². The summed E-state index contributed by atoms with van der Waals surface area (Å²) in [6.45, 7) is 1.84. The summed E-state index contributed by atoms with van der Waals surface area (Å²) in [5.41, 5.74) is 6.89. The molecule has 2 heterocycles. The largest absolute Gasteiger partial charge is 0.423 e. The van der Waals surface area contributed by atoms with E-state index in [1.54, 1.807) is 30.3 Å². The van der Waals surface area contributed by atoms with Crippen molar-refractivity contribution >= 4 is 57.8 Å². The fraction of sp³-hybridized carbons (Fsp3) is 0.0333. The Balaban J connectivity index is 1.09. The molecule has 0 amide bonds.